The van der Waals surface area contributed by atoms with Crippen LogP contribution in [-0.2, 0) is 0 Å². The van der Waals surface area contributed by atoms with Crippen LogP contribution in [0.4, 0.5) is 0 Å². The molecule has 1 aliphatic carbocycles. The first-order chi connectivity index (χ1) is 7.77. The van der Waals surface area contributed by atoms with Crippen LogP contribution < -0.4 is 11.1 Å². The van der Waals surface area contributed by atoms with E-state index in [0.717, 1.165) is 12.6 Å². The molecule has 2 atom stereocenters. The molecule has 1 aromatic carbocycles. The Balaban J connectivity index is 1.81. The molecule has 0 bridgehead atoms. The smallest absolute Gasteiger partial charge is 0.0333 e. The molecule has 1 aromatic rings. The van der Waals surface area contributed by atoms with Crippen molar-refractivity contribution in [2.24, 2.45) is 11.7 Å². The first-order valence-corrected chi connectivity index (χ1v) is 6.31. The number of hydrogen-bond donors (Lipinski definition) is 2. The summed E-state index contributed by atoms with van der Waals surface area (Å²) in [5.74, 6) is 0.489. The highest BCUT2D eigenvalue weighted by Gasteiger charge is 2.19. The maximum atomic E-state index is 6.24. The summed E-state index contributed by atoms with van der Waals surface area (Å²) < 4.78 is 0. The summed E-state index contributed by atoms with van der Waals surface area (Å²) in [6.45, 7) is 3.25. The minimum Gasteiger partial charge on any atom is -0.324 e. The summed E-state index contributed by atoms with van der Waals surface area (Å²) in [4.78, 5) is 0. The van der Waals surface area contributed by atoms with Gasteiger partial charge in [0.1, 0.15) is 0 Å². The van der Waals surface area contributed by atoms with Gasteiger partial charge >= 0.3 is 0 Å². The molecule has 0 spiro atoms. The van der Waals surface area contributed by atoms with Crippen LogP contribution in [0.25, 0.3) is 0 Å². The Hall–Kier alpha value is -0.860. The third-order valence-electron chi connectivity index (χ3n) is 3.63. The summed E-state index contributed by atoms with van der Waals surface area (Å²) >= 11 is 0. The molecule has 3 N–H and O–H groups in total. The van der Waals surface area contributed by atoms with E-state index >= 15 is 0 Å². The number of nitrogens with one attached hydrogen (secondary N) is 1. The van der Waals surface area contributed by atoms with Crippen LogP contribution in [0.2, 0.25) is 0 Å². The van der Waals surface area contributed by atoms with Crippen LogP contribution in [-0.4, -0.2) is 12.6 Å². The summed E-state index contributed by atoms with van der Waals surface area (Å²) in [7, 11) is 0. The highest BCUT2D eigenvalue weighted by atomic mass is 14.9. The Labute approximate surface area is 98.2 Å². The van der Waals surface area contributed by atoms with Crippen LogP contribution in [0.3, 0.4) is 0 Å². The van der Waals surface area contributed by atoms with E-state index in [-0.39, 0.29) is 6.04 Å². The minimum absolute atomic E-state index is 0.147. The summed E-state index contributed by atoms with van der Waals surface area (Å²) in [5, 5.41) is 3.59. The van der Waals surface area contributed by atoms with Crippen molar-refractivity contribution < 1.29 is 0 Å². The maximum absolute atomic E-state index is 6.24. The highest BCUT2D eigenvalue weighted by molar-refractivity contribution is 5.19. The zero-order valence-electron chi connectivity index (χ0n) is 10.0. The van der Waals surface area contributed by atoms with Gasteiger partial charge in [0.25, 0.3) is 0 Å². The monoisotopic (exact) mass is 218 g/mol. The van der Waals surface area contributed by atoms with E-state index in [1.807, 2.05) is 6.07 Å². The second-order valence-electron chi connectivity index (χ2n) is 4.95. The largest absolute Gasteiger partial charge is 0.324 e. The van der Waals surface area contributed by atoms with Crippen molar-refractivity contribution in [3.05, 3.63) is 35.9 Å². The minimum atomic E-state index is 0.147. The normalized spacial score (nSPS) is 20.1. The Morgan fingerprint density at radius 1 is 1.31 bits per heavy atom. The lowest BCUT2D eigenvalue weighted by Gasteiger charge is -2.29. The molecular formula is C14H22N2. The fourth-order valence-electron chi connectivity index (χ4n) is 2.10. The predicted octanol–water partition coefficient (Wildman–Crippen LogP) is 2.46. The molecule has 1 saturated carbocycles. The Morgan fingerprint density at radius 2 is 2.00 bits per heavy atom. The fourth-order valence-corrected chi connectivity index (χ4v) is 2.10. The second-order valence-corrected chi connectivity index (χ2v) is 4.95. The van der Waals surface area contributed by atoms with E-state index in [4.69, 9.17) is 5.73 Å². The lowest BCUT2D eigenvalue weighted by molar-refractivity contribution is 0.308. The van der Waals surface area contributed by atoms with Crippen molar-refractivity contribution in [1.82, 2.24) is 5.32 Å². The lowest BCUT2D eigenvalue weighted by Crippen LogP contribution is -2.39. The molecule has 2 unspecified atom stereocenters. The lowest BCUT2D eigenvalue weighted by atomic mass is 9.91. The van der Waals surface area contributed by atoms with E-state index in [9.17, 15) is 0 Å². The third-order valence-corrected chi connectivity index (χ3v) is 3.63. The molecule has 2 nitrogen and oxygen atoms in total. The van der Waals surface area contributed by atoms with Gasteiger partial charge in [-0.2, -0.15) is 0 Å². The molecule has 0 heterocycles. The van der Waals surface area contributed by atoms with Gasteiger partial charge in [-0.1, -0.05) is 43.7 Å². The summed E-state index contributed by atoms with van der Waals surface area (Å²) in [5.41, 5.74) is 7.49. The van der Waals surface area contributed by atoms with Crippen molar-refractivity contribution in [2.75, 3.05) is 6.54 Å². The second kappa shape index (κ2) is 5.46. The van der Waals surface area contributed by atoms with Crippen molar-refractivity contribution in [2.45, 2.75) is 38.3 Å². The Morgan fingerprint density at radius 3 is 2.56 bits per heavy atom. The summed E-state index contributed by atoms with van der Waals surface area (Å²) in [6.07, 6.45) is 4.07. The molecule has 2 rings (SSSR count). The summed E-state index contributed by atoms with van der Waals surface area (Å²) in [6, 6.07) is 11.3. The van der Waals surface area contributed by atoms with Crippen LogP contribution in [0.1, 0.15) is 37.8 Å². The Bertz CT molecular complexity index is 306. The van der Waals surface area contributed by atoms with Crippen molar-refractivity contribution >= 4 is 0 Å². The van der Waals surface area contributed by atoms with Gasteiger partial charge in [0.2, 0.25) is 0 Å². The topological polar surface area (TPSA) is 38.0 Å². The van der Waals surface area contributed by atoms with Crippen LogP contribution in [0, 0.1) is 5.92 Å². The van der Waals surface area contributed by atoms with Crippen molar-refractivity contribution in [3.8, 4) is 0 Å². The van der Waals surface area contributed by atoms with E-state index in [2.05, 4.69) is 36.5 Å². The van der Waals surface area contributed by atoms with Gasteiger partial charge in [0.15, 0.2) is 0 Å². The first kappa shape index (κ1) is 11.6. The zero-order valence-corrected chi connectivity index (χ0v) is 10.0. The molecule has 2 heteroatoms. The number of benzene rings is 1. The average molecular weight is 218 g/mol. The van der Waals surface area contributed by atoms with Crippen LogP contribution >= 0.6 is 0 Å². The van der Waals surface area contributed by atoms with Gasteiger partial charge in [0.05, 0.1) is 0 Å². The first-order valence-electron chi connectivity index (χ1n) is 6.31. The van der Waals surface area contributed by atoms with E-state index in [0.29, 0.717) is 5.92 Å². The van der Waals surface area contributed by atoms with Gasteiger partial charge in [-0.05, 0) is 30.9 Å². The molecule has 0 aliphatic heterocycles. The van der Waals surface area contributed by atoms with E-state index < -0.39 is 0 Å². The molecule has 1 aliphatic rings. The molecule has 0 saturated heterocycles. The van der Waals surface area contributed by atoms with Crippen molar-refractivity contribution in [3.63, 3.8) is 0 Å². The third kappa shape index (κ3) is 2.83. The number of rotatable bonds is 5. The maximum Gasteiger partial charge on any atom is 0.0333 e. The van der Waals surface area contributed by atoms with Crippen LogP contribution in [0.5, 0.6) is 0 Å². The number of nitrogens with two attached hydrogens (primary N) is 1. The fraction of sp³-hybridized carbons (Fsp3) is 0.571. The molecule has 0 radical (unpaired) electrons. The number of hydrogen-bond acceptors (Lipinski definition) is 2. The van der Waals surface area contributed by atoms with E-state index in [1.54, 1.807) is 0 Å². The average Bonchev–Trinajstić information content (AvgIpc) is 2.27. The van der Waals surface area contributed by atoms with Crippen LogP contribution in [0.15, 0.2) is 30.3 Å². The van der Waals surface area contributed by atoms with Gasteiger partial charge in [-0.25, -0.2) is 0 Å². The van der Waals surface area contributed by atoms with Gasteiger partial charge < -0.3 is 11.1 Å². The standard InChI is InChI=1S/C14H22N2/c1-11(10-16-13-8-5-9-13)14(15)12-6-3-2-4-7-12/h2-4,6-7,11,13-14,16H,5,8-10,15H2,1H3. The molecule has 16 heavy (non-hydrogen) atoms. The van der Waals surface area contributed by atoms with Gasteiger partial charge in [-0.3, -0.25) is 0 Å². The molecule has 0 aromatic heterocycles. The highest BCUT2D eigenvalue weighted by Crippen LogP contribution is 2.21. The molecule has 88 valence electrons. The predicted molar refractivity (Wildman–Crippen MR) is 68.2 cm³/mol. The van der Waals surface area contributed by atoms with Gasteiger partial charge in [-0.15, -0.1) is 0 Å². The zero-order chi connectivity index (χ0) is 11.4. The SMILES string of the molecule is CC(CNC1CCC1)C(N)c1ccccc1. The van der Waals surface area contributed by atoms with Gasteiger partial charge in [0, 0.05) is 12.1 Å². The molecular weight excluding hydrogens is 196 g/mol. The van der Waals surface area contributed by atoms with E-state index in [1.165, 1.54) is 24.8 Å². The quantitative estimate of drug-likeness (QED) is 0.796. The molecule has 1 fully saturated rings. The van der Waals surface area contributed by atoms with Crippen molar-refractivity contribution in [1.29, 1.82) is 0 Å². The molecule has 0 amide bonds. The Kier molecular flexibility index (Phi) is 3.97.